The lowest BCUT2D eigenvalue weighted by molar-refractivity contribution is -0.149. The van der Waals surface area contributed by atoms with E-state index in [1.54, 1.807) is 0 Å². The highest BCUT2D eigenvalue weighted by atomic mass is 19.1. The first-order valence-corrected chi connectivity index (χ1v) is 7.56. The van der Waals surface area contributed by atoms with Crippen LogP contribution in [0, 0.1) is 11.2 Å². The molecule has 6 heteroatoms. The molecule has 0 aliphatic heterocycles. The number of aromatic nitrogens is 2. The predicted octanol–water partition coefficient (Wildman–Crippen LogP) is 3.02. The van der Waals surface area contributed by atoms with Crippen LogP contribution >= 0.6 is 0 Å². The second kappa shape index (κ2) is 6.83. The second-order valence-electron chi connectivity index (χ2n) is 5.69. The Morgan fingerprint density at radius 1 is 1.33 bits per heavy atom. The van der Waals surface area contributed by atoms with Gasteiger partial charge in [-0.3, -0.25) is 4.79 Å². The molecule has 1 aliphatic carbocycles. The Kier molecular flexibility index (Phi) is 5.09. The van der Waals surface area contributed by atoms with Crippen LogP contribution in [0.3, 0.4) is 0 Å². The van der Waals surface area contributed by atoms with E-state index in [0.29, 0.717) is 25.0 Å². The van der Waals surface area contributed by atoms with Crippen LogP contribution in [-0.4, -0.2) is 27.6 Å². The minimum Gasteiger partial charge on any atom is -0.481 e. The first-order chi connectivity index (χ1) is 10.1. The molecule has 0 aromatic carbocycles. The molecule has 1 heterocycles. The Morgan fingerprint density at radius 3 is 2.57 bits per heavy atom. The molecule has 21 heavy (non-hydrogen) atoms. The lowest BCUT2D eigenvalue weighted by atomic mass is 9.80. The number of carboxylic acids is 1. The molecule has 1 aromatic heterocycles. The summed E-state index contributed by atoms with van der Waals surface area (Å²) in [5, 5.41) is 12.5. The van der Waals surface area contributed by atoms with E-state index in [1.807, 2.05) is 6.92 Å². The lowest BCUT2D eigenvalue weighted by Crippen LogP contribution is -2.38. The fourth-order valence-corrected chi connectivity index (χ4v) is 2.90. The predicted molar refractivity (Wildman–Crippen MR) is 77.6 cm³/mol. The van der Waals surface area contributed by atoms with Gasteiger partial charge in [-0.15, -0.1) is 0 Å². The summed E-state index contributed by atoms with van der Waals surface area (Å²) in [7, 11) is 0. The average Bonchev–Trinajstić information content (AvgIpc) is 2.73. The number of carboxylic acid groups (broad SMARTS) is 1. The van der Waals surface area contributed by atoms with Gasteiger partial charge in [0.2, 0.25) is 0 Å². The van der Waals surface area contributed by atoms with E-state index in [1.165, 1.54) is 6.33 Å². The molecule has 0 radical (unpaired) electrons. The number of anilines is 1. The molecule has 116 valence electrons. The molecule has 1 aliphatic rings. The summed E-state index contributed by atoms with van der Waals surface area (Å²) in [6, 6.07) is 0. The number of rotatable bonds is 5. The minimum absolute atomic E-state index is 0.103. The van der Waals surface area contributed by atoms with E-state index in [-0.39, 0.29) is 12.4 Å². The van der Waals surface area contributed by atoms with Gasteiger partial charge in [0.25, 0.3) is 0 Å². The largest absolute Gasteiger partial charge is 0.481 e. The molecule has 1 saturated carbocycles. The number of carbonyl (C=O) groups is 1. The standard InChI is InChI=1S/C15H22FN3O2/c1-2-11-12(16)13(19-10-18-11)17-9-15(14(20)21)7-5-3-4-6-8-15/h10H,2-9H2,1H3,(H,20,21)(H,17,18,19). The third kappa shape index (κ3) is 3.49. The van der Waals surface area contributed by atoms with Crippen molar-refractivity contribution in [3.05, 3.63) is 17.8 Å². The molecule has 0 saturated heterocycles. The molecular weight excluding hydrogens is 273 g/mol. The van der Waals surface area contributed by atoms with E-state index in [2.05, 4.69) is 15.3 Å². The Hall–Kier alpha value is -1.72. The van der Waals surface area contributed by atoms with Crippen molar-refractivity contribution in [2.75, 3.05) is 11.9 Å². The smallest absolute Gasteiger partial charge is 0.311 e. The summed E-state index contributed by atoms with van der Waals surface area (Å²) in [6.07, 6.45) is 6.98. The summed E-state index contributed by atoms with van der Waals surface area (Å²) >= 11 is 0. The van der Waals surface area contributed by atoms with Crippen LogP contribution in [0.2, 0.25) is 0 Å². The third-order valence-corrected chi connectivity index (χ3v) is 4.31. The number of nitrogens with one attached hydrogen (secondary N) is 1. The average molecular weight is 295 g/mol. The summed E-state index contributed by atoms with van der Waals surface area (Å²) in [5.41, 5.74) is -0.474. The Labute approximate surface area is 124 Å². The Morgan fingerprint density at radius 2 is 2.00 bits per heavy atom. The van der Waals surface area contributed by atoms with E-state index in [0.717, 1.165) is 25.7 Å². The first-order valence-electron chi connectivity index (χ1n) is 7.56. The lowest BCUT2D eigenvalue weighted by Gasteiger charge is -2.28. The van der Waals surface area contributed by atoms with Gasteiger partial charge >= 0.3 is 5.97 Å². The summed E-state index contributed by atoms with van der Waals surface area (Å²) < 4.78 is 14.1. The van der Waals surface area contributed by atoms with Crippen LogP contribution < -0.4 is 5.32 Å². The zero-order valence-corrected chi connectivity index (χ0v) is 12.4. The Balaban J connectivity index is 2.14. The van der Waals surface area contributed by atoms with Crippen molar-refractivity contribution in [1.29, 1.82) is 0 Å². The maximum Gasteiger partial charge on any atom is 0.311 e. The van der Waals surface area contributed by atoms with Crippen molar-refractivity contribution in [2.24, 2.45) is 5.41 Å². The van der Waals surface area contributed by atoms with Gasteiger partial charge in [-0.2, -0.15) is 0 Å². The van der Waals surface area contributed by atoms with Crippen molar-refractivity contribution >= 4 is 11.8 Å². The number of hydrogen-bond donors (Lipinski definition) is 2. The molecule has 0 bridgehead atoms. The molecule has 0 atom stereocenters. The van der Waals surface area contributed by atoms with Crippen molar-refractivity contribution in [2.45, 2.75) is 51.9 Å². The minimum atomic E-state index is -0.819. The normalized spacial score (nSPS) is 18.0. The summed E-state index contributed by atoms with van der Waals surface area (Å²) in [5.74, 6) is -1.18. The van der Waals surface area contributed by atoms with Crippen LogP contribution in [0.4, 0.5) is 10.2 Å². The highest BCUT2D eigenvalue weighted by Gasteiger charge is 2.38. The third-order valence-electron chi connectivity index (χ3n) is 4.31. The van der Waals surface area contributed by atoms with Gasteiger partial charge in [-0.05, 0) is 19.3 Å². The highest BCUT2D eigenvalue weighted by molar-refractivity contribution is 5.75. The Bertz CT molecular complexity index is 500. The van der Waals surface area contributed by atoms with Crippen LogP contribution in [0.25, 0.3) is 0 Å². The quantitative estimate of drug-likeness (QED) is 0.817. The molecule has 1 aromatic rings. The molecule has 2 rings (SSSR count). The molecule has 0 unspecified atom stereocenters. The van der Waals surface area contributed by atoms with Crippen LogP contribution in [0.5, 0.6) is 0 Å². The van der Waals surface area contributed by atoms with Crippen molar-refractivity contribution < 1.29 is 14.3 Å². The number of halogens is 1. The number of aliphatic carboxylic acids is 1. The van der Waals surface area contributed by atoms with Crippen molar-refractivity contribution in [3.8, 4) is 0 Å². The number of aryl methyl sites for hydroxylation is 1. The molecule has 0 spiro atoms. The van der Waals surface area contributed by atoms with Crippen LogP contribution in [0.1, 0.15) is 51.1 Å². The molecule has 2 N–H and O–H groups in total. The fourth-order valence-electron chi connectivity index (χ4n) is 2.90. The van der Waals surface area contributed by atoms with Gasteiger partial charge in [0, 0.05) is 6.54 Å². The topological polar surface area (TPSA) is 75.1 Å². The van der Waals surface area contributed by atoms with Gasteiger partial charge in [-0.25, -0.2) is 14.4 Å². The monoisotopic (exact) mass is 295 g/mol. The van der Waals surface area contributed by atoms with Gasteiger partial charge in [0.15, 0.2) is 11.6 Å². The van der Waals surface area contributed by atoms with Crippen molar-refractivity contribution in [3.63, 3.8) is 0 Å². The van der Waals surface area contributed by atoms with Crippen LogP contribution in [0.15, 0.2) is 6.33 Å². The van der Waals surface area contributed by atoms with Gasteiger partial charge in [-0.1, -0.05) is 32.6 Å². The van der Waals surface area contributed by atoms with Gasteiger partial charge in [0.05, 0.1) is 11.1 Å². The van der Waals surface area contributed by atoms with E-state index >= 15 is 0 Å². The summed E-state index contributed by atoms with van der Waals surface area (Å²) in [6.45, 7) is 2.03. The van der Waals surface area contributed by atoms with E-state index < -0.39 is 17.2 Å². The van der Waals surface area contributed by atoms with Gasteiger partial charge in [0.1, 0.15) is 6.33 Å². The maximum absolute atomic E-state index is 14.1. The fraction of sp³-hybridized carbons (Fsp3) is 0.667. The molecule has 5 nitrogen and oxygen atoms in total. The molecule has 1 fully saturated rings. The van der Waals surface area contributed by atoms with Crippen molar-refractivity contribution in [1.82, 2.24) is 9.97 Å². The SMILES string of the molecule is CCc1ncnc(NCC2(C(=O)O)CCCCCC2)c1F. The second-order valence-corrected chi connectivity index (χ2v) is 5.69. The number of hydrogen-bond acceptors (Lipinski definition) is 4. The molecule has 0 amide bonds. The zero-order chi connectivity index (χ0) is 15.3. The van der Waals surface area contributed by atoms with E-state index in [4.69, 9.17) is 0 Å². The highest BCUT2D eigenvalue weighted by Crippen LogP contribution is 2.35. The molecular formula is C15H22FN3O2. The zero-order valence-electron chi connectivity index (χ0n) is 12.4. The first kappa shape index (κ1) is 15.7. The number of nitrogens with zero attached hydrogens (tertiary/aromatic N) is 2. The summed E-state index contributed by atoms with van der Waals surface area (Å²) in [4.78, 5) is 19.5. The maximum atomic E-state index is 14.1. The van der Waals surface area contributed by atoms with Gasteiger partial charge < -0.3 is 10.4 Å². The van der Waals surface area contributed by atoms with Crippen LogP contribution in [-0.2, 0) is 11.2 Å². The van der Waals surface area contributed by atoms with E-state index in [9.17, 15) is 14.3 Å².